The first-order valence-electron chi connectivity index (χ1n) is 4.87. The Morgan fingerprint density at radius 1 is 1.50 bits per heavy atom. The van der Waals surface area contributed by atoms with Crippen molar-refractivity contribution in [2.45, 2.75) is 17.7 Å². The summed E-state index contributed by atoms with van der Waals surface area (Å²) >= 11 is -0.365. The van der Waals surface area contributed by atoms with Crippen LogP contribution in [0.3, 0.4) is 0 Å². The SMILES string of the molecule is COc1ccc(NC(=O)[C@@H](C)SC(F)(F)F)cn1. The molecule has 1 aromatic heterocycles. The minimum atomic E-state index is -4.44. The number of halogens is 3. The number of carbonyl (C=O) groups excluding carboxylic acids is 1. The van der Waals surface area contributed by atoms with Gasteiger partial charge in [-0.3, -0.25) is 4.79 Å². The van der Waals surface area contributed by atoms with E-state index in [1.807, 2.05) is 0 Å². The van der Waals surface area contributed by atoms with Gasteiger partial charge in [-0.15, -0.1) is 0 Å². The lowest BCUT2D eigenvalue weighted by molar-refractivity contribution is -0.115. The van der Waals surface area contributed by atoms with Crippen LogP contribution in [0, 0.1) is 0 Å². The second-order valence-electron chi connectivity index (χ2n) is 3.28. The van der Waals surface area contributed by atoms with E-state index in [0.717, 1.165) is 0 Å². The first kappa shape index (κ1) is 14.6. The van der Waals surface area contributed by atoms with Crippen molar-refractivity contribution in [3.63, 3.8) is 0 Å². The van der Waals surface area contributed by atoms with Crippen molar-refractivity contribution in [2.24, 2.45) is 0 Å². The fourth-order valence-corrected chi connectivity index (χ4v) is 1.64. The van der Waals surface area contributed by atoms with Gasteiger partial charge in [0.1, 0.15) is 0 Å². The van der Waals surface area contributed by atoms with Crippen LogP contribution in [0.4, 0.5) is 18.9 Å². The average molecular weight is 280 g/mol. The van der Waals surface area contributed by atoms with Crippen LogP contribution >= 0.6 is 11.8 Å². The number of hydrogen-bond donors (Lipinski definition) is 1. The van der Waals surface area contributed by atoms with Crippen molar-refractivity contribution >= 4 is 23.4 Å². The molecule has 0 aliphatic heterocycles. The predicted octanol–water partition coefficient (Wildman–Crippen LogP) is 2.67. The van der Waals surface area contributed by atoms with E-state index in [1.165, 1.54) is 32.4 Å². The van der Waals surface area contributed by atoms with Gasteiger partial charge in [-0.05, 0) is 24.8 Å². The Hall–Kier alpha value is -1.44. The quantitative estimate of drug-likeness (QED) is 0.921. The molecule has 18 heavy (non-hydrogen) atoms. The predicted molar refractivity (Wildman–Crippen MR) is 62.5 cm³/mol. The number of thioether (sulfide) groups is 1. The normalized spacial score (nSPS) is 12.9. The van der Waals surface area contributed by atoms with Crippen LogP contribution in [0.5, 0.6) is 5.88 Å². The summed E-state index contributed by atoms with van der Waals surface area (Å²) in [6, 6.07) is 2.99. The molecular formula is C10H11F3N2O2S. The van der Waals surface area contributed by atoms with Crippen LogP contribution in [0.25, 0.3) is 0 Å². The molecule has 0 aromatic carbocycles. The lowest BCUT2D eigenvalue weighted by Gasteiger charge is -2.13. The lowest BCUT2D eigenvalue weighted by atomic mass is 10.3. The molecule has 1 atom stereocenters. The van der Waals surface area contributed by atoms with E-state index in [2.05, 4.69) is 10.3 Å². The third kappa shape index (κ3) is 4.82. The molecule has 0 aliphatic rings. The number of methoxy groups -OCH3 is 1. The van der Waals surface area contributed by atoms with E-state index < -0.39 is 16.7 Å². The summed E-state index contributed by atoms with van der Waals surface area (Å²) < 4.78 is 41.0. The summed E-state index contributed by atoms with van der Waals surface area (Å²) in [5.41, 5.74) is -4.12. The Morgan fingerprint density at radius 2 is 2.17 bits per heavy atom. The Bertz CT molecular complexity index is 409. The summed E-state index contributed by atoms with van der Waals surface area (Å²) in [6.07, 6.45) is 1.31. The number of anilines is 1. The van der Waals surface area contributed by atoms with Crippen molar-refractivity contribution in [3.8, 4) is 5.88 Å². The van der Waals surface area contributed by atoms with E-state index in [1.54, 1.807) is 0 Å². The highest BCUT2D eigenvalue weighted by Gasteiger charge is 2.34. The van der Waals surface area contributed by atoms with E-state index in [-0.39, 0.29) is 11.8 Å². The molecule has 1 rings (SSSR count). The van der Waals surface area contributed by atoms with Crippen LogP contribution in [0.15, 0.2) is 18.3 Å². The second-order valence-corrected chi connectivity index (χ2v) is 4.69. The Balaban J connectivity index is 2.58. The van der Waals surface area contributed by atoms with E-state index in [9.17, 15) is 18.0 Å². The van der Waals surface area contributed by atoms with Crippen LogP contribution < -0.4 is 10.1 Å². The maximum Gasteiger partial charge on any atom is 0.442 e. The van der Waals surface area contributed by atoms with Crippen LogP contribution in [0.2, 0.25) is 0 Å². The summed E-state index contributed by atoms with van der Waals surface area (Å²) in [6.45, 7) is 1.18. The molecule has 0 radical (unpaired) electrons. The third-order valence-corrected chi connectivity index (χ3v) is 2.73. The molecule has 0 bridgehead atoms. The Morgan fingerprint density at radius 3 is 2.61 bits per heavy atom. The minimum absolute atomic E-state index is 0.315. The van der Waals surface area contributed by atoms with E-state index >= 15 is 0 Å². The number of carbonyl (C=O) groups is 1. The van der Waals surface area contributed by atoms with Crippen molar-refractivity contribution in [1.82, 2.24) is 4.98 Å². The molecule has 1 aromatic rings. The molecule has 1 N–H and O–H groups in total. The third-order valence-electron chi connectivity index (χ3n) is 1.89. The standard InChI is InChI=1S/C10H11F3N2O2S/c1-6(18-10(11,12)13)9(16)15-7-3-4-8(17-2)14-5-7/h3-6H,1-2H3,(H,15,16)/t6-/m1/s1. The lowest BCUT2D eigenvalue weighted by Crippen LogP contribution is -2.25. The molecule has 1 amide bonds. The van der Waals surface area contributed by atoms with Crippen LogP contribution in [-0.4, -0.2) is 28.8 Å². The first-order chi connectivity index (χ1) is 8.31. The van der Waals surface area contributed by atoms with Gasteiger partial charge in [0.2, 0.25) is 11.8 Å². The zero-order valence-corrected chi connectivity index (χ0v) is 10.4. The number of alkyl halides is 3. The van der Waals surface area contributed by atoms with E-state index in [4.69, 9.17) is 4.74 Å². The van der Waals surface area contributed by atoms with Gasteiger partial charge in [-0.2, -0.15) is 13.2 Å². The van der Waals surface area contributed by atoms with Crippen LogP contribution in [-0.2, 0) is 4.79 Å². The highest BCUT2D eigenvalue weighted by atomic mass is 32.2. The molecule has 4 nitrogen and oxygen atoms in total. The molecular weight excluding hydrogens is 269 g/mol. The van der Waals surface area contributed by atoms with Crippen molar-refractivity contribution < 1.29 is 22.7 Å². The highest BCUT2D eigenvalue weighted by molar-refractivity contribution is 8.01. The maximum absolute atomic E-state index is 12.1. The minimum Gasteiger partial charge on any atom is -0.481 e. The number of nitrogens with one attached hydrogen (secondary N) is 1. The first-order valence-corrected chi connectivity index (χ1v) is 5.75. The van der Waals surface area contributed by atoms with Crippen LogP contribution in [0.1, 0.15) is 6.92 Å². The molecule has 0 fully saturated rings. The van der Waals surface area contributed by atoms with E-state index in [0.29, 0.717) is 11.6 Å². The summed E-state index contributed by atoms with van der Waals surface area (Å²) in [5.74, 6) is -0.380. The molecule has 100 valence electrons. The fourth-order valence-electron chi connectivity index (χ4n) is 1.07. The Labute approximate surface area is 106 Å². The van der Waals surface area contributed by atoms with Crippen molar-refractivity contribution in [1.29, 1.82) is 0 Å². The number of rotatable bonds is 4. The number of nitrogens with zero attached hydrogens (tertiary/aromatic N) is 1. The molecule has 0 unspecified atom stereocenters. The summed E-state index contributed by atoms with van der Waals surface area (Å²) in [5, 5.41) is 1.11. The molecule has 0 saturated carbocycles. The zero-order chi connectivity index (χ0) is 13.8. The van der Waals surface area contributed by atoms with Crippen molar-refractivity contribution in [2.75, 3.05) is 12.4 Å². The number of aromatic nitrogens is 1. The van der Waals surface area contributed by atoms with Gasteiger partial charge in [0.05, 0.1) is 24.2 Å². The number of amides is 1. The van der Waals surface area contributed by atoms with Gasteiger partial charge in [-0.25, -0.2) is 4.98 Å². The average Bonchev–Trinajstić information content (AvgIpc) is 2.27. The fraction of sp³-hybridized carbons (Fsp3) is 0.400. The summed E-state index contributed by atoms with van der Waals surface area (Å²) in [4.78, 5) is 15.3. The van der Waals surface area contributed by atoms with Gasteiger partial charge < -0.3 is 10.1 Å². The second kappa shape index (κ2) is 5.94. The van der Waals surface area contributed by atoms with Gasteiger partial charge >= 0.3 is 5.51 Å². The number of pyridine rings is 1. The van der Waals surface area contributed by atoms with Crippen molar-refractivity contribution in [3.05, 3.63) is 18.3 Å². The van der Waals surface area contributed by atoms with Gasteiger partial charge in [0.25, 0.3) is 0 Å². The summed E-state index contributed by atoms with van der Waals surface area (Å²) in [7, 11) is 1.43. The van der Waals surface area contributed by atoms with Gasteiger partial charge in [-0.1, -0.05) is 0 Å². The maximum atomic E-state index is 12.1. The molecule has 8 heteroatoms. The molecule has 0 aliphatic carbocycles. The monoisotopic (exact) mass is 280 g/mol. The molecule has 0 saturated heterocycles. The zero-order valence-electron chi connectivity index (χ0n) is 9.62. The number of hydrogen-bond acceptors (Lipinski definition) is 4. The topological polar surface area (TPSA) is 51.2 Å². The van der Waals surface area contributed by atoms with Gasteiger partial charge in [0.15, 0.2) is 0 Å². The highest BCUT2D eigenvalue weighted by Crippen LogP contribution is 2.34. The Kier molecular flexibility index (Phi) is 4.83. The largest absolute Gasteiger partial charge is 0.481 e. The smallest absolute Gasteiger partial charge is 0.442 e. The number of ether oxygens (including phenoxy) is 1. The van der Waals surface area contributed by atoms with Gasteiger partial charge in [0, 0.05) is 6.07 Å². The molecule has 1 heterocycles. The molecule has 0 spiro atoms.